The molecular formula is C16H18O3. The van der Waals surface area contributed by atoms with E-state index in [0.717, 1.165) is 16.9 Å². The van der Waals surface area contributed by atoms with Crippen molar-refractivity contribution < 1.29 is 14.6 Å². The fourth-order valence-electron chi connectivity index (χ4n) is 1.88. The van der Waals surface area contributed by atoms with Crippen LogP contribution < -0.4 is 9.47 Å². The normalized spacial score (nSPS) is 11.9. The summed E-state index contributed by atoms with van der Waals surface area (Å²) in [4.78, 5) is 0. The van der Waals surface area contributed by atoms with Gasteiger partial charge in [-0.1, -0.05) is 30.3 Å². The largest absolute Gasteiger partial charge is 0.497 e. The first-order valence-electron chi connectivity index (χ1n) is 6.23. The molecule has 0 spiro atoms. The minimum atomic E-state index is -0.540. The predicted octanol–water partition coefficient (Wildman–Crippen LogP) is 3.33. The fraction of sp³-hybridized carbons (Fsp3) is 0.250. The van der Waals surface area contributed by atoms with Crippen LogP contribution in [0.5, 0.6) is 11.5 Å². The molecule has 1 atom stereocenters. The Morgan fingerprint density at radius 1 is 1.11 bits per heavy atom. The number of para-hydroxylation sites is 1. The lowest BCUT2D eigenvalue weighted by molar-refractivity contribution is 0.190. The average Bonchev–Trinajstić information content (AvgIpc) is 2.45. The third kappa shape index (κ3) is 3.48. The molecular weight excluding hydrogens is 240 g/mol. The van der Waals surface area contributed by atoms with Crippen molar-refractivity contribution in [1.29, 1.82) is 0 Å². The molecule has 2 rings (SSSR count). The molecule has 0 bridgehead atoms. The quantitative estimate of drug-likeness (QED) is 0.894. The van der Waals surface area contributed by atoms with Crippen molar-refractivity contribution in [2.24, 2.45) is 0 Å². The van der Waals surface area contributed by atoms with Gasteiger partial charge in [0, 0.05) is 5.56 Å². The molecule has 3 nitrogen and oxygen atoms in total. The summed E-state index contributed by atoms with van der Waals surface area (Å²) in [5.41, 5.74) is 1.82. The summed E-state index contributed by atoms with van der Waals surface area (Å²) < 4.78 is 10.9. The molecule has 0 radical (unpaired) electrons. The zero-order chi connectivity index (χ0) is 13.7. The Bertz CT molecular complexity index is 535. The molecule has 0 heterocycles. The Balaban J connectivity index is 2.10. The first kappa shape index (κ1) is 13.4. The molecule has 0 fully saturated rings. The molecule has 0 aromatic heterocycles. The van der Waals surface area contributed by atoms with Crippen molar-refractivity contribution in [2.75, 3.05) is 7.11 Å². The van der Waals surface area contributed by atoms with E-state index in [9.17, 15) is 5.11 Å². The Morgan fingerprint density at radius 3 is 2.63 bits per heavy atom. The molecule has 2 aromatic carbocycles. The van der Waals surface area contributed by atoms with E-state index in [4.69, 9.17) is 9.47 Å². The SMILES string of the molecule is COc1cccc(COc2ccccc2[C@@H](C)O)c1. The van der Waals surface area contributed by atoms with Gasteiger partial charge < -0.3 is 14.6 Å². The van der Waals surface area contributed by atoms with Crippen LogP contribution in [0.15, 0.2) is 48.5 Å². The second-order valence-electron chi connectivity index (χ2n) is 4.35. The maximum Gasteiger partial charge on any atom is 0.125 e. The summed E-state index contributed by atoms with van der Waals surface area (Å²) in [6.45, 7) is 2.18. The van der Waals surface area contributed by atoms with E-state index in [2.05, 4.69) is 0 Å². The van der Waals surface area contributed by atoms with Gasteiger partial charge in [0.05, 0.1) is 13.2 Å². The molecule has 0 aliphatic heterocycles. The molecule has 0 unspecified atom stereocenters. The van der Waals surface area contributed by atoms with E-state index < -0.39 is 6.10 Å². The predicted molar refractivity (Wildman–Crippen MR) is 74.4 cm³/mol. The number of rotatable bonds is 5. The fourth-order valence-corrected chi connectivity index (χ4v) is 1.88. The molecule has 0 aliphatic carbocycles. The van der Waals surface area contributed by atoms with Crippen LogP contribution in [0.2, 0.25) is 0 Å². The van der Waals surface area contributed by atoms with Crippen LogP contribution in [0.25, 0.3) is 0 Å². The average molecular weight is 258 g/mol. The minimum absolute atomic E-state index is 0.445. The van der Waals surface area contributed by atoms with Gasteiger partial charge in [-0.3, -0.25) is 0 Å². The van der Waals surface area contributed by atoms with Gasteiger partial charge in [0.25, 0.3) is 0 Å². The molecule has 0 amide bonds. The summed E-state index contributed by atoms with van der Waals surface area (Å²) >= 11 is 0. The van der Waals surface area contributed by atoms with Crippen molar-refractivity contribution in [1.82, 2.24) is 0 Å². The monoisotopic (exact) mass is 258 g/mol. The molecule has 0 aliphatic rings. The van der Waals surface area contributed by atoms with Gasteiger partial charge in [-0.05, 0) is 30.7 Å². The highest BCUT2D eigenvalue weighted by Gasteiger charge is 2.08. The standard InChI is InChI=1S/C16H18O3/c1-12(17)15-8-3-4-9-16(15)19-11-13-6-5-7-14(10-13)18-2/h3-10,12,17H,11H2,1-2H3/t12-/m1/s1. The van der Waals surface area contributed by atoms with E-state index in [1.807, 2.05) is 48.5 Å². The van der Waals surface area contributed by atoms with Crippen LogP contribution in [-0.2, 0) is 6.61 Å². The highest BCUT2D eigenvalue weighted by atomic mass is 16.5. The van der Waals surface area contributed by atoms with Crippen LogP contribution in [0.1, 0.15) is 24.2 Å². The molecule has 19 heavy (non-hydrogen) atoms. The van der Waals surface area contributed by atoms with Gasteiger partial charge in [0.15, 0.2) is 0 Å². The summed E-state index contributed by atoms with van der Waals surface area (Å²) in [6, 6.07) is 15.3. The van der Waals surface area contributed by atoms with Crippen LogP contribution >= 0.6 is 0 Å². The number of aliphatic hydroxyl groups excluding tert-OH is 1. The maximum atomic E-state index is 9.68. The number of methoxy groups -OCH3 is 1. The lowest BCUT2D eigenvalue weighted by atomic mass is 10.1. The van der Waals surface area contributed by atoms with E-state index in [-0.39, 0.29) is 0 Å². The van der Waals surface area contributed by atoms with Crippen molar-refractivity contribution in [3.05, 3.63) is 59.7 Å². The van der Waals surface area contributed by atoms with Crippen LogP contribution in [0.4, 0.5) is 0 Å². The molecule has 100 valence electrons. The Kier molecular flexibility index (Phi) is 4.42. The number of hydrogen-bond acceptors (Lipinski definition) is 3. The van der Waals surface area contributed by atoms with E-state index in [1.165, 1.54) is 0 Å². The van der Waals surface area contributed by atoms with E-state index >= 15 is 0 Å². The van der Waals surface area contributed by atoms with E-state index in [0.29, 0.717) is 12.4 Å². The zero-order valence-corrected chi connectivity index (χ0v) is 11.2. The summed E-state index contributed by atoms with van der Waals surface area (Å²) in [6.07, 6.45) is -0.540. The van der Waals surface area contributed by atoms with Gasteiger partial charge >= 0.3 is 0 Å². The third-order valence-corrected chi connectivity index (χ3v) is 2.90. The molecule has 0 saturated heterocycles. The lowest BCUT2D eigenvalue weighted by Crippen LogP contribution is -2.01. The van der Waals surface area contributed by atoms with Crippen molar-refractivity contribution >= 4 is 0 Å². The first-order chi connectivity index (χ1) is 9.20. The van der Waals surface area contributed by atoms with Gasteiger partial charge in [-0.25, -0.2) is 0 Å². The van der Waals surface area contributed by atoms with Crippen LogP contribution in [-0.4, -0.2) is 12.2 Å². The van der Waals surface area contributed by atoms with Gasteiger partial charge in [-0.2, -0.15) is 0 Å². The Morgan fingerprint density at radius 2 is 1.89 bits per heavy atom. The number of aliphatic hydroxyl groups is 1. The highest BCUT2D eigenvalue weighted by molar-refractivity contribution is 5.35. The van der Waals surface area contributed by atoms with E-state index in [1.54, 1.807) is 14.0 Å². The Labute approximate surface area is 113 Å². The van der Waals surface area contributed by atoms with Gasteiger partial charge in [0.2, 0.25) is 0 Å². The Hall–Kier alpha value is -2.00. The molecule has 2 aromatic rings. The molecule has 1 N–H and O–H groups in total. The second-order valence-corrected chi connectivity index (χ2v) is 4.35. The van der Waals surface area contributed by atoms with Crippen LogP contribution in [0, 0.1) is 0 Å². The topological polar surface area (TPSA) is 38.7 Å². The minimum Gasteiger partial charge on any atom is -0.497 e. The number of ether oxygens (including phenoxy) is 2. The molecule has 3 heteroatoms. The van der Waals surface area contributed by atoms with Crippen molar-refractivity contribution in [3.8, 4) is 11.5 Å². The van der Waals surface area contributed by atoms with Crippen molar-refractivity contribution in [3.63, 3.8) is 0 Å². The van der Waals surface area contributed by atoms with Gasteiger partial charge in [-0.15, -0.1) is 0 Å². The molecule has 0 saturated carbocycles. The maximum absolute atomic E-state index is 9.68. The third-order valence-electron chi connectivity index (χ3n) is 2.90. The summed E-state index contributed by atoms with van der Waals surface area (Å²) in [5, 5.41) is 9.68. The highest BCUT2D eigenvalue weighted by Crippen LogP contribution is 2.25. The number of hydrogen-bond donors (Lipinski definition) is 1. The zero-order valence-electron chi connectivity index (χ0n) is 11.2. The summed E-state index contributed by atoms with van der Waals surface area (Å²) in [5.74, 6) is 1.52. The summed E-state index contributed by atoms with van der Waals surface area (Å²) in [7, 11) is 1.64. The lowest BCUT2D eigenvalue weighted by Gasteiger charge is -2.13. The van der Waals surface area contributed by atoms with Gasteiger partial charge in [0.1, 0.15) is 18.1 Å². The number of benzene rings is 2. The van der Waals surface area contributed by atoms with Crippen molar-refractivity contribution in [2.45, 2.75) is 19.6 Å². The first-order valence-corrected chi connectivity index (χ1v) is 6.23. The second kappa shape index (κ2) is 6.25. The van der Waals surface area contributed by atoms with Crippen LogP contribution in [0.3, 0.4) is 0 Å². The smallest absolute Gasteiger partial charge is 0.125 e.